The van der Waals surface area contributed by atoms with E-state index in [-0.39, 0.29) is 22.6 Å². The Morgan fingerprint density at radius 1 is 1.00 bits per heavy atom. The van der Waals surface area contributed by atoms with Crippen LogP contribution in [0.1, 0.15) is 22.3 Å². The molecule has 0 amide bonds. The van der Waals surface area contributed by atoms with E-state index in [1.54, 1.807) is 30.3 Å². The van der Waals surface area contributed by atoms with E-state index < -0.39 is 47.0 Å². The van der Waals surface area contributed by atoms with Crippen LogP contribution in [0.25, 0.3) is 21.0 Å². The average Bonchev–Trinajstić information content (AvgIpc) is 3.31. The molecule has 188 valence electrons. The third kappa shape index (κ3) is 5.44. The maximum atomic E-state index is 14.4. The molecule has 5 nitrogen and oxygen atoms in total. The molecule has 0 unspecified atom stereocenters. The Bertz CT molecular complexity index is 1600. The molecule has 0 spiro atoms. The molecule has 2 aromatic carbocycles. The molecule has 0 saturated carbocycles. The van der Waals surface area contributed by atoms with Gasteiger partial charge in [0.2, 0.25) is 0 Å². The number of nitrogens with zero attached hydrogens (tertiary/aromatic N) is 2. The fourth-order valence-electron chi connectivity index (χ4n) is 3.75. The Kier molecular flexibility index (Phi) is 6.96. The summed E-state index contributed by atoms with van der Waals surface area (Å²) in [6.07, 6.45) is -5.17. The van der Waals surface area contributed by atoms with Crippen LogP contribution in [0.2, 0.25) is 0 Å². The summed E-state index contributed by atoms with van der Waals surface area (Å²) in [5, 5.41) is 18.2. The Hall–Kier alpha value is -4.30. The molecule has 2 aromatic heterocycles. The summed E-state index contributed by atoms with van der Waals surface area (Å²) in [7, 11) is 0. The van der Waals surface area contributed by atoms with Gasteiger partial charge in [0.25, 0.3) is 5.56 Å². The normalized spacial score (nSPS) is 11.4. The zero-order valence-electron chi connectivity index (χ0n) is 18.6. The van der Waals surface area contributed by atoms with Gasteiger partial charge >= 0.3 is 12.1 Å². The molecule has 4 rings (SSSR count). The Morgan fingerprint density at radius 3 is 2.27 bits per heavy atom. The number of rotatable bonds is 6. The number of pyridine rings is 1. The molecule has 2 heterocycles. The van der Waals surface area contributed by atoms with Crippen molar-refractivity contribution in [3.63, 3.8) is 0 Å². The van der Waals surface area contributed by atoms with Gasteiger partial charge in [-0.15, -0.1) is 11.3 Å². The van der Waals surface area contributed by atoms with Crippen LogP contribution in [0.3, 0.4) is 0 Å². The number of halogens is 5. The van der Waals surface area contributed by atoms with Gasteiger partial charge in [-0.3, -0.25) is 9.59 Å². The number of alkyl halides is 3. The van der Waals surface area contributed by atoms with Gasteiger partial charge in [-0.25, -0.2) is 8.78 Å². The number of carboxylic acids is 1. The molecule has 0 bridgehead atoms. The van der Waals surface area contributed by atoms with Crippen LogP contribution in [0, 0.1) is 23.0 Å². The highest BCUT2D eigenvalue weighted by Gasteiger charge is 2.36. The predicted octanol–water partition coefficient (Wildman–Crippen LogP) is 6.09. The highest BCUT2D eigenvalue weighted by atomic mass is 32.1. The predicted molar refractivity (Wildman–Crippen MR) is 126 cm³/mol. The molecule has 0 fully saturated rings. The van der Waals surface area contributed by atoms with E-state index >= 15 is 0 Å². The minimum atomic E-state index is -5.00. The number of carboxylic acid groups (broad SMARTS) is 1. The Morgan fingerprint density at radius 2 is 1.68 bits per heavy atom. The van der Waals surface area contributed by atoms with E-state index in [1.165, 1.54) is 12.1 Å². The first-order valence-corrected chi connectivity index (χ1v) is 11.4. The smallest absolute Gasteiger partial charge is 0.417 e. The van der Waals surface area contributed by atoms with Gasteiger partial charge in [-0.2, -0.15) is 18.4 Å². The topological polar surface area (TPSA) is 83.1 Å². The van der Waals surface area contributed by atoms with Crippen molar-refractivity contribution in [3.8, 4) is 27.1 Å². The van der Waals surface area contributed by atoms with Crippen LogP contribution >= 0.6 is 11.3 Å². The quantitative estimate of drug-likeness (QED) is 0.306. The van der Waals surface area contributed by atoms with E-state index in [2.05, 4.69) is 0 Å². The van der Waals surface area contributed by atoms with Crippen LogP contribution in [-0.4, -0.2) is 15.6 Å². The minimum absolute atomic E-state index is 0.154. The number of thiophene rings is 1. The summed E-state index contributed by atoms with van der Waals surface area (Å²) in [5.41, 5.74) is -2.94. The lowest BCUT2D eigenvalue weighted by Gasteiger charge is -2.17. The second kappa shape index (κ2) is 9.99. The van der Waals surface area contributed by atoms with E-state index in [0.29, 0.717) is 28.1 Å². The minimum Gasteiger partial charge on any atom is -0.481 e. The maximum absolute atomic E-state index is 14.4. The fraction of sp³-hybridized carbons (Fsp3) is 0.115. The molecular formula is C26H15F5N2O3S. The summed E-state index contributed by atoms with van der Waals surface area (Å²) < 4.78 is 69.8. The molecule has 0 atom stereocenters. The largest absolute Gasteiger partial charge is 0.481 e. The third-order valence-electron chi connectivity index (χ3n) is 5.51. The van der Waals surface area contributed by atoms with Crippen LogP contribution < -0.4 is 5.56 Å². The van der Waals surface area contributed by atoms with E-state index in [4.69, 9.17) is 5.11 Å². The van der Waals surface area contributed by atoms with Gasteiger partial charge in [-0.1, -0.05) is 30.3 Å². The molecule has 0 saturated heterocycles. The zero-order chi connectivity index (χ0) is 26.9. The number of hydrogen-bond donors (Lipinski definition) is 1. The fourth-order valence-corrected chi connectivity index (χ4v) is 4.79. The lowest BCUT2D eigenvalue weighted by molar-refractivity contribution is -0.138. The van der Waals surface area contributed by atoms with Gasteiger partial charge in [-0.05, 0) is 35.4 Å². The van der Waals surface area contributed by atoms with Crippen molar-refractivity contribution >= 4 is 17.3 Å². The van der Waals surface area contributed by atoms with Crippen LogP contribution in [0.4, 0.5) is 22.0 Å². The van der Waals surface area contributed by atoms with Gasteiger partial charge in [0.05, 0.1) is 29.1 Å². The second-order valence-electron chi connectivity index (χ2n) is 7.99. The Balaban J connectivity index is 1.86. The average molecular weight is 530 g/mol. The molecule has 4 aromatic rings. The summed E-state index contributed by atoms with van der Waals surface area (Å²) >= 11 is 1.05. The number of aromatic nitrogens is 1. The standard InChI is InChI=1S/C26H15F5N2O3S/c27-17-6-5-16(20(28)10-17)13-33-21(11-19(26(29,30)31)18(12-32)25(33)36)23-8-7-22(37-23)15-3-1-14(2-4-15)9-24(34)35/h1-8,10-11H,9,13H2,(H,34,35). The molecule has 0 radical (unpaired) electrons. The van der Waals surface area contributed by atoms with Gasteiger partial charge in [0.1, 0.15) is 23.3 Å². The van der Waals surface area contributed by atoms with Crippen molar-refractivity contribution in [2.75, 3.05) is 0 Å². The van der Waals surface area contributed by atoms with Crippen LogP contribution in [0.5, 0.6) is 0 Å². The van der Waals surface area contributed by atoms with Crippen molar-refractivity contribution in [2.24, 2.45) is 0 Å². The molecule has 37 heavy (non-hydrogen) atoms. The highest BCUT2D eigenvalue weighted by Crippen LogP contribution is 2.38. The summed E-state index contributed by atoms with van der Waals surface area (Å²) in [4.78, 5) is 24.8. The van der Waals surface area contributed by atoms with Crippen molar-refractivity contribution < 1.29 is 31.9 Å². The Labute approximate surface area is 210 Å². The first-order chi connectivity index (χ1) is 17.5. The summed E-state index contributed by atoms with van der Waals surface area (Å²) in [6.45, 7) is -0.537. The molecule has 0 aliphatic heterocycles. The van der Waals surface area contributed by atoms with E-state index in [0.717, 1.165) is 28.0 Å². The first kappa shape index (κ1) is 25.8. The van der Waals surface area contributed by atoms with Crippen LogP contribution in [0.15, 0.2) is 65.5 Å². The van der Waals surface area contributed by atoms with Crippen molar-refractivity contribution in [1.29, 1.82) is 5.26 Å². The number of carbonyl (C=O) groups is 1. The monoisotopic (exact) mass is 530 g/mol. The third-order valence-corrected chi connectivity index (χ3v) is 6.67. The van der Waals surface area contributed by atoms with E-state index in [1.807, 2.05) is 0 Å². The highest BCUT2D eigenvalue weighted by molar-refractivity contribution is 7.18. The number of hydrogen-bond acceptors (Lipinski definition) is 4. The lowest BCUT2D eigenvalue weighted by atomic mass is 10.1. The SMILES string of the molecule is N#Cc1c(C(F)(F)F)cc(-c2ccc(-c3ccc(CC(=O)O)cc3)s2)n(Cc2ccc(F)cc2F)c1=O. The molecule has 11 heteroatoms. The van der Waals surface area contributed by atoms with Crippen molar-refractivity contribution in [1.82, 2.24) is 4.57 Å². The van der Waals surface area contributed by atoms with Gasteiger partial charge < -0.3 is 9.67 Å². The van der Waals surface area contributed by atoms with Gasteiger partial charge in [0.15, 0.2) is 0 Å². The number of benzene rings is 2. The zero-order valence-corrected chi connectivity index (χ0v) is 19.5. The van der Waals surface area contributed by atoms with Crippen molar-refractivity contribution in [3.05, 3.63) is 105 Å². The van der Waals surface area contributed by atoms with E-state index in [9.17, 15) is 36.8 Å². The van der Waals surface area contributed by atoms with Crippen molar-refractivity contribution in [2.45, 2.75) is 19.1 Å². The van der Waals surface area contributed by atoms with Gasteiger partial charge in [0, 0.05) is 16.5 Å². The molecule has 0 aliphatic carbocycles. The first-order valence-electron chi connectivity index (χ1n) is 10.6. The molecular weight excluding hydrogens is 515 g/mol. The maximum Gasteiger partial charge on any atom is 0.417 e. The number of aliphatic carboxylic acids is 1. The van der Waals surface area contributed by atoms with Crippen LogP contribution in [-0.2, 0) is 23.9 Å². The number of nitriles is 1. The summed E-state index contributed by atoms with van der Waals surface area (Å²) in [5.74, 6) is -2.86. The summed E-state index contributed by atoms with van der Waals surface area (Å²) in [6, 6.07) is 14.2. The second-order valence-corrected chi connectivity index (χ2v) is 9.07. The molecule has 1 N–H and O–H groups in total. The lowest BCUT2D eigenvalue weighted by Crippen LogP contribution is -2.28. The molecule has 0 aliphatic rings.